The molecule has 6 heteroatoms. The van der Waals surface area contributed by atoms with Crippen molar-refractivity contribution in [3.63, 3.8) is 0 Å². The summed E-state index contributed by atoms with van der Waals surface area (Å²) in [6.07, 6.45) is 3.75. The summed E-state index contributed by atoms with van der Waals surface area (Å²) in [7, 11) is 0. The van der Waals surface area contributed by atoms with E-state index >= 15 is 0 Å². The van der Waals surface area contributed by atoms with Gasteiger partial charge in [0.1, 0.15) is 0 Å². The Balaban J connectivity index is 1.38. The van der Waals surface area contributed by atoms with Crippen LogP contribution in [0.25, 0.3) is 0 Å². The van der Waals surface area contributed by atoms with Crippen LogP contribution in [0.5, 0.6) is 0 Å². The SMILES string of the molecule is CCN(CCNC(=O)N1CCC(C(=O)NC2CC2)CC1)c1cccc(C)c1. The molecule has 0 bridgehead atoms. The number of nitrogens with one attached hydrogen (secondary N) is 2. The Bertz CT molecular complexity index is 651. The van der Waals surface area contributed by atoms with E-state index in [-0.39, 0.29) is 17.9 Å². The van der Waals surface area contributed by atoms with Gasteiger partial charge in [0.2, 0.25) is 5.91 Å². The minimum atomic E-state index is -0.0173. The van der Waals surface area contributed by atoms with Crippen molar-refractivity contribution in [2.45, 2.75) is 45.6 Å². The zero-order chi connectivity index (χ0) is 19.2. The molecule has 1 heterocycles. The van der Waals surface area contributed by atoms with Crippen molar-refractivity contribution in [2.75, 3.05) is 37.6 Å². The lowest BCUT2D eigenvalue weighted by Gasteiger charge is -2.32. The van der Waals surface area contributed by atoms with Crippen LogP contribution in [0.2, 0.25) is 0 Å². The van der Waals surface area contributed by atoms with Crippen molar-refractivity contribution < 1.29 is 9.59 Å². The number of nitrogens with zero attached hydrogens (tertiary/aromatic N) is 2. The van der Waals surface area contributed by atoms with Crippen LogP contribution in [0.1, 0.15) is 38.2 Å². The lowest BCUT2D eigenvalue weighted by Crippen LogP contribution is -2.48. The Hall–Kier alpha value is -2.24. The molecule has 1 aliphatic carbocycles. The summed E-state index contributed by atoms with van der Waals surface area (Å²) >= 11 is 0. The zero-order valence-corrected chi connectivity index (χ0v) is 16.5. The average Bonchev–Trinajstić information content (AvgIpc) is 3.49. The Morgan fingerprint density at radius 3 is 2.56 bits per heavy atom. The summed E-state index contributed by atoms with van der Waals surface area (Å²) in [5.74, 6) is 0.237. The van der Waals surface area contributed by atoms with E-state index in [2.05, 4.69) is 53.6 Å². The van der Waals surface area contributed by atoms with Gasteiger partial charge in [0.15, 0.2) is 0 Å². The first-order valence-corrected chi connectivity index (χ1v) is 10.2. The number of amides is 3. The lowest BCUT2D eigenvalue weighted by molar-refractivity contribution is -0.126. The molecule has 2 aliphatic rings. The molecule has 0 radical (unpaired) electrons. The van der Waals surface area contributed by atoms with Gasteiger partial charge in [-0.15, -0.1) is 0 Å². The van der Waals surface area contributed by atoms with Gasteiger partial charge in [-0.1, -0.05) is 12.1 Å². The number of likely N-dealkylation sites (N-methyl/N-ethyl adjacent to an activating group) is 1. The summed E-state index contributed by atoms with van der Waals surface area (Å²) in [4.78, 5) is 28.6. The number of hydrogen-bond donors (Lipinski definition) is 2. The van der Waals surface area contributed by atoms with Crippen molar-refractivity contribution in [3.8, 4) is 0 Å². The Labute approximate surface area is 162 Å². The van der Waals surface area contributed by atoms with Crippen LogP contribution in [0.3, 0.4) is 0 Å². The van der Waals surface area contributed by atoms with Gasteiger partial charge in [0.05, 0.1) is 0 Å². The van der Waals surface area contributed by atoms with E-state index < -0.39 is 0 Å². The number of hydrogen-bond acceptors (Lipinski definition) is 3. The maximum atomic E-state index is 12.4. The van der Waals surface area contributed by atoms with E-state index in [0.717, 1.165) is 38.8 Å². The molecule has 1 aromatic carbocycles. The zero-order valence-electron chi connectivity index (χ0n) is 16.5. The van der Waals surface area contributed by atoms with Crippen molar-refractivity contribution in [2.24, 2.45) is 5.92 Å². The Kier molecular flexibility index (Phi) is 6.58. The fourth-order valence-corrected chi connectivity index (χ4v) is 3.60. The van der Waals surface area contributed by atoms with Crippen LogP contribution in [0.4, 0.5) is 10.5 Å². The van der Waals surface area contributed by atoms with Gasteiger partial charge < -0.3 is 20.4 Å². The first kappa shape index (κ1) is 19.5. The highest BCUT2D eigenvalue weighted by Gasteiger charge is 2.31. The number of urea groups is 1. The standard InChI is InChI=1S/C21H32N4O2/c1-3-24(19-6-4-5-16(2)15-19)14-11-22-21(27)25-12-9-17(10-13-25)20(26)23-18-7-8-18/h4-6,15,17-18H,3,7-14H2,1-2H3,(H,22,27)(H,23,26). The highest BCUT2D eigenvalue weighted by molar-refractivity contribution is 5.80. The molecule has 3 rings (SSSR count). The number of aryl methyl sites for hydroxylation is 1. The molecular weight excluding hydrogens is 340 g/mol. The Morgan fingerprint density at radius 2 is 1.93 bits per heavy atom. The molecule has 3 amide bonds. The molecule has 148 valence electrons. The normalized spacial score (nSPS) is 17.5. The van der Waals surface area contributed by atoms with E-state index in [9.17, 15) is 9.59 Å². The quantitative estimate of drug-likeness (QED) is 0.773. The molecule has 6 nitrogen and oxygen atoms in total. The number of rotatable bonds is 7. The predicted molar refractivity (Wildman–Crippen MR) is 108 cm³/mol. The third-order valence-corrected chi connectivity index (χ3v) is 5.48. The fraction of sp³-hybridized carbons (Fsp3) is 0.619. The van der Waals surface area contributed by atoms with Crippen molar-refractivity contribution in [3.05, 3.63) is 29.8 Å². The van der Waals surface area contributed by atoms with Crippen molar-refractivity contribution in [1.82, 2.24) is 15.5 Å². The molecule has 2 fully saturated rings. The van der Waals surface area contributed by atoms with E-state index in [1.807, 2.05) is 4.90 Å². The molecular formula is C21H32N4O2. The van der Waals surface area contributed by atoms with E-state index in [1.165, 1.54) is 11.3 Å². The monoisotopic (exact) mass is 372 g/mol. The smallest absolute Gasteiger partial charge is 0.317 e. The highest BCUT2D eigenvalue weighted by Crippen LogP contribution is 2.22. The summed E-state index contributed by atoms with van der Waals surface area (Å²) in [5.41, 5.74) is 2.43. The van der Waals surface area contributed by atoms with E-state index in [0.29, 0.717) is 25.7 Å². The summed E-state index contributed by atoms with van der Waals surface area (Å²) in [6.45, 7) is 7.83. The third kappa shape index (κ3) is 5.62. The molecule has 27 heavy (non-hydrogen) atoms. The molecule has 1 saturated carbocycles. The summed E-state index contributed by atoms with van der Waals surface area (Å²) < 4.78 is 0. The molecule has 0 unspecified atom stereocenters. The minimum absolute atomic E-state index is 0.0173. The number of likely N-dealkylation sites (tertiary alicyclic amines) is 1. The average molecular weight is 373 g/mol. The number of benzene rings is 1. The number of carbonyl (C=O) groups is 2. The maximum absolute atomic E-state index is 12.4. The van der Waals surface area contributed by atoms with Crippen LogP contribution in [-0.2, 0) is 4.79 Å². The van der Waals surface area contributed by atoms with Crippen LogP contribution < -0.4 is 15.5 Å². The molecule has 1 aliphatic heterocycles. The molecule has 0 spiro atoms. The number of piperidine rings is 1. The largest absolute Gasteiger partial charge is 0.370 e. The van der Waals surface area contributed by atoms with E-state index in [1.54, 1.807) is 0 Å². The van der Waals surface area contributed by atoms with Crippen LogP contribution in [0, 0.1) is 12.8 Å². The molecule has 0 aromatic heterocycles. The van der Waals surface area contributed by atoms with Crippen molar-refractivity contribution >= 4 is 17.6 Å². The van der Waals surface area contributed by atoms with Gasteiger partial charge >= 0.3 is 6.03 Å². The maximum Gasteiger partial charge on any atom is 0.317 e. The van der Waals surface area contributed by atoms with Crippen LogP contribution in [-0.4, -0.2) is 55.6 Å². The fourth-order valence-electron chi connectivity index (χ4n) is 3.60. The predicted octanol–water partition coefficient (Wildman–Crippen LogP) is 2.52. The van der Waals surface area contributed by atoms with Gasteiger partial charge in [-0.05, 0) is 57.2 Å². The van der Waals surface area contributed by atoms with Gasteiger partial charge in [-0.3, -0.25) is 4.79 Å². The first-order chi connectivity index (χ1) is 13.1. The molecule has 2 N–H and O–H groups in total. The van der Waals surface area contributed by atoms with Gasteiger partial charge in [0, 0.05) is 50.4 Å². The van der Waals surface area contributed by atoms with Crippen molar-refractivity contribution in [1.29, 1.82) is 0 Å². The minimum Gasteiger partial charge on any atom is -0.370 e. The molecule has 1 aromatic rings. The number of anilines is 1. The van der Waals surface area contributed by atoms with E-state index in [4.69, 9.17) is 0 Å². The van der Waals surface area contributed by atoms with Gasteiger partial charge in [0.25, 0.3) is 0 Å². The Morgan fingerprint density at radius 1 is 1.19 bits per heavy atom. The second-order valence-corrected chi connectivity index (χ2v) is 7.69. The van der Waals surface area contributed by atoms with Crippen LogP contribution >= 0.6 is 0 Å². The first-order valence-electron chi connectivity index (χ1n) is 10.2. The lowest BCUT2D eigenvalue weighted by atomic mass is 9.96. The number of carbonyl (C=O) groups excluding carboxylic acids is 2. The second-order valence-electron chi connectivity index (χ2n) is 7.69. The summed E-state index contributed by atoms with van der Waals surface area (Å²) in [5, 5.41) is 6.11. The molecule has 1 saturated heterocycles. The van der Waals surface area contributed by atoms with Gasteiger partial charge in [-0.25, -0.2) is 4.79 Å². The highest BCUT2D eigenvalue weighted by atomic mass is 16.2. The summed E-state index contributed by atoms with van der Waals surface area (Å²) in [6, 6.07) is 8.83. The third-order valence-electron chi connectivity index (χ3n) is 5.48. The van der Waals surface area contributed by atoms with Crippen LogP contribution in [0.15, 0.2) is 24.3 Å². The second kappa shape index (κ2) is 9.11. The topological polar surface area (TPSA) is 64.7 Å². The van der Waals surface area contributed by atoms with Gasteiger partial charge in [-0.2, -0.15) is 0 Å². The molecule has 0 atom stereocenters.